The second kappa shape index (κ2) is 8.50. The Balaban J connectivity index is 1.72. The van der Waals surface area contributed by atoms with Gasteiger partial charge in [0.1, 0.15) is 16.6 Å². The second-order valence-corrected chi connectivity index (χ2v) is 8.94. The molecule has 1 saturated heterocycles. The van der Waals surface area contributed by atoms with Gasteiger partial charge in [-0.15, -0.1) is 0 Å². The van der Waals surface area contributed by atoms with Crippen molar-refractivity contribution in [3.63, 3.8) is 0 Å². The van der Waals surface area contributed by atoms with Gasteiger partial charge in [-0.25, -0.2) is 4.68 Å². The van der Waals surface area contributed by atoms with Crippen molar-refractivity contribution >= 4 is 23.3 Å². The Hall–Kier alpha value is -2.42. The van der Waals surface area contributed by atoms with E-state index in [2.05, 4.69) is 10.4 Å². The van der Waals surface area contributed by atoms with E-state index in [0.717, 1.165) is 23.9 Å². The Morgan fingerprint density at radius 2 is 1.81 bits per heavy atom. The van der Waals surface area contributed by atoms with Gasteiger partial charge in [0.05, 0.1) is 13.2 Å². The van der Waals surface area contributed by atoms with Crippen LogP contribution in [0.25, 0.3) is 0 Å². The number of carbonyl (C=O) groups excluding carboxylic acids is 1. The third-order valence-corrected chi connectivity index (χ3v) is 6.80. The van der Waals surface area contributed by atoms with Gasteiger partial charge in [0.15, 0.2) is 11.7 Å². The van der Waals surface area contributed by atoms with Crippen LogP contribution in [0.5, 0.6) is 5.75 Å². The molecule has 0 saturated carbocycles. The minimum Gasteiger partial charge on any atom is -0.497 e. The molecular formula is C22H26ClF3N4O2. The molecule has 1 aromatic heterocycles. The number of fused-ring (bicyclic) bond motifs is 1. The smallest absolute Gasteiger partial charge is 0.410 e. The number of methoxy groups -OCH3 is 1. The third-order valence-electron chi connectivity index (χ3n) is 6.44. The number of benzene rings is 1. The van der Waals surface area contributed by atoms with E-state index >= 15 is 0 Å². The SMILES string of the molecule is COc1ccc([C@@H]2C[C@@H](C(F)(F)F)n3nc(C(=O)N4[C@@H](C)CCC[C@@H]4C)c(Cl)c3N2)cc1. The van der Waals surface area contributed by atoms with Crippen LogP contribution in [0.2, 0.25) is 5.02 Å². The first-order valence-electron chi connectivity index (χ1n) is 10.7. The number of nitrogens with one attached hydrogen (secondary N) is 1. The number of piperidine rings is 1. The lowest BCUT2D eigenvalue weighted by molar-refractivity contribution is -0.173. The number of anilines is 1. The Kier molecular flexibility index (Phi) is 6.04. The van der Waals surface area contributed by atoms with Crippen LogP contribution in [0.3, 0.4) is 0 Å². The Morgan fingerprint density at radius 1 is 1.19 bits per heavy atom. The quantitative estimate of drug-likeness (QED) is 0.633. The molecule has 1 amide bonds. The first-order chi connectivity index (χ1) is 15.1. The highest BCUT2D eigenvalue weighted by Crippen LogP contribution is 2.46. The maximum absolute atomic E-state index is 14.0. The minimum absolute atomic E-state index is 0.0155. The van der Waals surface area contributed by atoms with Crippen molar-refractivity contribution in [1.82, 2.24) is 14.7 Å². The summed E-state index contributed by atoms with van der Waals surface area (Å²) in [5.41, 5.74) is 0.522. The lowest BCUT2D eigenvalue weighted by Crippen LogP contribution is -2.47. The highest BCUT2D eigenvalue weighted by atomic mass is 35.5. The molecule has 2 aliphatic heterocycles. The van der Waals surface area contributed by atoms with Gasteiger partial charge in [0.2, 0.25) is 0 Å². The Labute approximate surface area is 189 Å². The van der Waals surface area contributed by atoms with Crippen LogP contribution in [0.1, 0.15) is 67.7 Å². The van der Waals surface area contributed by atoms with Crippen LogP contribution in [0, 0.1) is 0 Å². The highest BCUT2D eigenvalue weighted by Gasteiger charge is 2.48. The van der Waals surface area contributed by atoms with Crippen LogP contribution in [-0.4, -0.2) is 46.0 Å². The van der Waals surface area contributed by atoms with E-state index in [1.807, 2.05) is 13.8 Å². The standard InChI is InChI=1S/C22H26ClF3N4O2/c1-12-5-4-6-13(2)29(12)21(31)19-18(23)20-27-16(14-7-9-15(32-3)10-8-14)11-17(22(24,25)26)30(20)28-19/h7-10,12-13,16-17,27H,4-6,11H2,1-3H3/t12-,13-,16-,17-/m0/s1. The van der Waals surface area contributed by atoms with Crippen LogP contribution in [-0.2, 0) is 0 Å². The first kappa shape index (κ1) is 22.8. The van der Waals surface area contributed by atoms with Gasteiger partial charge in [0.25, 0.3) is 5.91 Å². The van der Waals surface area contributed by atoms with Crippen LogP contribution < -0.4 is 10.1 Å². The number of alkyl halides is 3. The molecule has 0 radical (unpaired) electrons. The van der Waals surface area contributed by atoms with E-state index in [1.54, 1.807) is 29.2 Å². The number of halogens is 4. The van der Waals surface area contributed by atoms with Gasteiger partial charge in [-0.3, -0.25) is 4.79 Å². The van der Waals surface area contributed by atoms with Crippen molar-refractivity contribution < 1.29 is 22.7 Å². The number of amides is 1. The maximum Gasteiger partial charge on any atom is 0.410 e. The molecular weight excluding hydrogens is 445 g/mol. The molecule has 2 aliphatic rings. The zero-order valence-electron chi connectivity index (χ0n) is 18.1. The lowest BCUT2D eigenvalue weighted by Gasteiger charge is -2.38. The molecule has 0 unspecified atom stereocenters. The van der Waals surface area contributed by atoms with Crippen molar-refractivity contribution in [1.29, 1.82) is 0 Å². The van der Waals surface area contributed by atoms with Crippen molar-refractivity contribution in [3.8, 4) is 5.75 Å². The van der Waals surface area contributed by atoms with Crippen LogP contribution in [0.15, 0.2) is 24.3 Å². The Morgan fingerprint density at radius 3 is 2.38 bits per heavy atom. The zero-order valence-corrected chi connectivity index (χ0v) is 18.9. The summed E-state index contributed by atoms with van der Waals surface area (Å²) in [5, 5.41) is 7.09. The average molecular weight is 471 g/mol. The van der Waals surface area contributed by atoms with E-state index < -0.39 is 24.2 Å². The molecule has 2 aromatic rings. The summed E-state index contributed by atoms with van der Waals surface area (Å²) in [6.45, 7) is 3.88. The fraction of sp³-hybridized carbons (Fsp3) is 0.545. The predicted octanol–water partition coefficient (Wildman–Crippen LogP) is 5.61. The number of nitrogens with zero attached hydrogens (tertiary/aromatic N) is 3. The molecule has 32 heavy (non-hydrogen) atoms. The van der Waals surface area contributed by atoms with Crippen LogP contribution in [0.4, 0.5) is 19.0 Å². The molecule has 1 N–H and O–H groups in total. The molecule has 4 atom stereocenters. The molecule has 6 nitrogen and oxygen atoms in total. The molecule has 3 heterocycles. The molecule has 0 aliphatic carbocycles. The third kappa shape index (κ3) is 4.02. The minimum atomic E-state index is -4.55. The average Bonchev–Trinajstić information content (AvgIpc) is 3.08. The van der Waals surface area contributed by atoms with E-state index in [4.69, 9.17) is 16.3 Å². The summed E-state index contributed by atoms with van der Waals surface area (Å²) in [6, 6.07) is 4.22. The fourth-order valence-corrected chi connectivity index (χ4v) is 4.98. The molecule has 0 bridgehead atoms. The monoisotopic (exact) mass is 470 g/mol. The van der Waals surface area contributed by atoms with Crippen molar-refractivity contribution in [2.45, 2.75) is 69.9 Å². The summed E-state index contributed by atoms with van der Waals surface area (Å²) >= 11 is 6.49. The number of carbonyl (C=O) groups is 1. The summed E-state index contributed by atoms with van der Waals surface area (Å²) in [4.78, 5) is 15.0. The van der Waals surface area contributed by atoms with Gasteiger partial charge in [-0.1, -0.05) is 23.7 Å². The number of likely N-dealkylation sites (tertiary alicyclic amines) is 1. The first-order valence-corrected chi connectivity index (χ1v) is 11.1. The molecule has 4 rings (SSSR count). The van der Waals surface area contributed by atoms with Gasteiger partial charge < -0.3 is 15.0 Å². The summed E-state index contributed by atoms with van der Waals surface area (Å²) in [5.74, 6) is 0.194. The summed E-state index contributed by atoms with van der Waals surface area (Å²) in [6.07, 6.45) is -2.15. The van der Waals surface area contributed by atoms with E-state index in [1.165, 1.54) is 7.11 Å². The van der Waals surface area contributed by atoms with Crippen LogP contribution >= 0.6 is 11.6 Å². The summed E-state index contributed by atoms with van der Waals surface area (Å²) < 4.78 is 48.0. The number of ether oxygens (including phenoxy) is 1. The highest BCUT2D eigenvalue weighted by molar-refractivity contribution is 6.36. The second-order valence-electron chi connectivity index (χ2n) is 8.56. The number of hydrogen-bond donors (Lipinski definition) is 1. The van der Waals surface area contributed by atoms with Gasteiger partial charge in [-0.2, -0.15) is 18.3 Å². The molecule has 174 valence electrons. The van der Waals surface area contributed by atoms with E-state index in [0.29, 0.717) is 11.3 Å². The lowest BCUT2D eigenvalue weighted by atomic mass is 9.96. The topological polar surface area (TPSA) is 59.4 Å². The predicted molar refractivity (Wildman–Crippen MR) is 115 cm³/mol. The zero-order chi connectivity index (χ0) is 23.2. The fourth-order valence-electron chi connectivity index (χ4n) is 4.72. The molecule has 1 fully saturated rings. The molecule has 0 spiro atoms. The Bertz CT molecular complexity index is 982. The van der Waals surface area contributed by atoms with Gasteiger partial charge in [0, 0.05) is 18.5 Å². The van der Waals surface area contributed by atoms with E-state index in [-0.39, 0.29) is 35.0 Å². The van der Waals surface area contributed by atoms with Gasteiger partial charge >= 0.3 is 6.18 Å². The van der Waals surface area contributed by atoms with Crippen molar-refractivity contribution in [2.75, 3.05) is 12.4 Å². The molecule has 10 heteroatoms. The normalized spacial score (nSPS) is 25.8. The maximum atomic E-state index is 14.0. The number of aromatic nitrogens is 2. The number of hydrogen-bond acceptors (Lipinski definition) is 4. The van der Waals surface area contributed by atoms with Crippen molar-refractivity contribution in [2.24, 2.45) is 0 Å². The number of rotatable bonds is 3. The molecule has 1 aromatic carbocycles. The van der Waals surface area contributed by atoms with E-state index in [9.17, 15) is 18.0 Å². The van der Waals surface area contributed by atoms with Gasteiger partial charge in [-0.05, 0) is 50.8 Å². The largest absolute Gasteiger partial charge is 0.497 e. The van der Waals surface area contributed by atoms with Crippen molar-refractivity contribution in [3.05, 3.63) is 40.5 Å². The summed E-state index contributed by atoms with van der Waals surface area (Å²) in [7, 11) is 1.52.